The number of allylic oxidation sites excluding steroid dienone is 6. The molecule has 0 saturated heterocycles. The van der Waals surface area contributed by atoms with Crippen LogP contribution in [0.5, 0.6) is 0 Å². The Bertz CT molecular complexity index is 4880. The highest BCUT2D eigenvalue weighted by Crippen LogP contribution is 2.46. The van der Waals surface area contributed by atoms with E-state index in [4.69, 9.17) is 0 Å². The molecule has 0 spiro atoms. The molecule has 8 aliphatic rings. The number of aryl methyl sites for hydroxylation is 2. The number of hydrogen-bond acceptors (Lipinski definition) is 5. The van der Waals surface area contributed by atoms with Crippen LogP contribution >= 0.6 is 0 Å². The third kappa shape index (κ3) is 22.0. The summed E-state index contributed by atoms with van der Waals surface area (Å²) in [4.78, 5) is 16.7. The summed E-state index contributed by atoms with van der Waals surface area (Å²) in [5.74, 6) is 8.64. The molecule has 4 saturated carbocycles. The molecule has 113 heavy (non-hydrogen) atoms. The van der Waals surface area contributed by atoms with Gasteiger partial charge in [0.05, 0.1) is 30.0 Å². The zero-order valence-corrected chi connectivity index (χ0v) is 73.9. The molecular formula is C103H138FN9. The van der Waals surface area contributed by atoms with Crippen molar-refractivity contribution in [2.45, 2.75) is 265 Å². The number of fused-ring (bicyclic) bond motifs is 5. The van der Waals surface area contributed by atoms with Crippen LogP contribution in [-0.2, 0) is 26.9 Å². The van der Waals surface area contributed by atoms with E-state index >= 15 is 0 Å². The molecule has 4 aromatic carbocycles. The fourth-order valence-electron chi connectivity index (χ4n) is 17.3. The van der Waals surface area contributed by atoms with E-state index in [1.807, 2.05) is 41.8 Å². The van der Waals surface area contributed by atoms with Crippen molar-refractivity contribution in [1.82, 2.24) is 33.9 Å². The van der Waals surface area contributed by atoms with Crippen molar-refractivity contribution in [1.29, 1.82) is 0 Å². The van der Waals surface area contributed by atoms with E-state index < -0.39 is 0 Å². The molecule has 0 bridgehead atoms. The van der Waals surface area contributed by atoms with Crippen molar-refractivity contribution in [3.63, 3.8) is 0 Å². The molecule has 2 aliphatic heterocycles. The first-order chi connectivity index (χ1) is 53.9. The standard InChI is InChI=1S/C13H15F.C13H16.C12H13N.2C11H18N2.C11H17N.2C11H13N.C10H15N/c1-8(2)13-9(3)6-10-7-11(14)4-5-12(10)13;1-9(2)13-10(3)8-11-6-4-5-7-12(11)13;1-9(2)10-7-8-13-12-6-4-3-5-11(10)12;2*1-7(2)10-8(3)13(4)12-11(10)9-5-6-9;1-7(2)10-8(3)6-12-11(10)9-4-5-9;1-9(2)10-6-8-12-7-4-3-5-11(10)12;1-8(2)10-7-12-11-6-4-3-5-9(10)11;1-7(2)9-5-6-11-10(9)8-3-4-8/h4-5,7-8H,6H2,1-3H3;4-7,9H,8H2,1-3H3;3-9H,1-2H3;2*7,9H,5-6H2,1-4H3;7,9H,4-6H2,1-3H3;3-9H,1-2H3;3-8,12H,1-2H3;5,7-8H,3-4,6H2,1-2H3. The quantitative estimate of drug-likeness (QED) is 0.125. The zero-order chi connectivity index (χ0) is 81.8. The van der Waals surface area contributed by atoms with Crippen LogP contribution in [0.1, 0.15) is 311 Å². The maximum absolute atomic E-state index is 13.0. The lowest BCUT2D eigenvalue weighted by molar-refractivity contribution is 0.626. The first-order valence-electron chi connectivity index (χ1n) is 43.1. The number of aromatic amines is 1. The number of halogens is 1. The number of rotatable bonds is 13. The highest BCUT2D eigenvalue weighted by molar-refractivity contribution is 6.06. The summed E-state index contributed by atoms with van der Waals surface area (Å²) in [6.45, 7) is 53.3. The minimum Gasteiger partial charge on any atom is -0.361 e. The average molecular weight is 1520 g/mol. The highest BCUT2D eigenvalue weighted by Gasteiger charge is 2.35. The molecule has 6 aliphatic carbocycles. The third-order valence-corrected chi connectivity index (χ3v) is 23.5. The zero-order valence-electron chi connectivity index (χ0n) is 73.9. The maximum atomic E-state index is 13.0. The van der Waals surface area contributed by atoms with E-state index in [2.05, 4.69) is 316 Å². The lowest BCUT2D eigenvalue weighted by atomic mass is 9.93. The smallest absolute Gasteiger partial charge is 0.123 e. The molecule has 1 N–H and O–H groups in total. The molecule has 10 aromatic rings. The molecule has 602 valence electrons. The second kappa shape index (κ2) is 39.0. The van der Waals surface area contributed by atoms with Gasteiger partial charge in [0.1, 0.15) is 5.82 Å². The van der Waals surface area contributed by atoms with Crippen LogP contribution in [-0.4, -0.2) is 58.4 Å². The fraction of sp³-hybridized carbons (Fsp3) is 0.485. The second-order valence-electron chi connectivity index (χ2n) is 36.0. The summed E-state index contributed by atoms with van der Waals surface area (Å²) in [6.07, 6.45) is 23.4. The number of pyridine rings is 2. The number of hydrogen-bond donors (Lipinski definition) is 1. The van der Waals surface area contributed by atoms with Crippen molar-refractivity contribution < 1.29 is 4.39 Å². The predicted octanol–water partition coefficient (Wildman–Crippen LogP) is 27.9. The Hall–Kier alpha value is -8.76. The number of aliphatic imine (C=N–C) groups is 2. The Balaban J connectivity index is 0.000000135. The van der Waals surface area contributed by atoms with Crippen LogP contribution in [0.25, 0.3) is 38.5 Å². The molecule has 0 atom stereocenters. The topological polar surface area (TPSA) is 93.4 Å². The summed E-state index contributed by atoms with van der Waals surface area (Å²) in [6, 6.07) is 41.2. The molecule has 18 rings (SSSR count). The molecule has 10 heteroatoms. The van der Waals surface area contributed by atoms with Crippen molar-refractivity contribution in [2.24, 2.45) is 59.6 Å². The number of benzene rings is 4. The summed E-state index contributed by atoms with van der Waals surface area (Å²) in [7, 11) is 4.10. The van der Waals surface area contributed by atoms with Crippen LogP contribution < -0.4 is 0 Å². The van der Waals surface area contributed by atoms with Crippen molar-refractivity contribution in [3.05, 3.63) is 259 Å². The summed E-state index contributed by atoms with van der Waals surface area (Å²) in [5, 5.41) is 11.9. The van der Waals surface area contributed by atoms with Gasteiger partial charge in [0.25, 0.3) is 0 Å². The number of para-hydroxylation sites is 2. The molecular weight excluding hydrogens is 1380 g/mol. The SMILES string of the molecule is CC(C)C1=CCN=C1C1CC1.CC(C)c1c[nH]c2ccccc12.CC(C)c1ccn2ccccc12.CC(C)c1ccnc2ccccc12.CC1=C(C(C)C)C(C2CC2)=NC1.CC1=C(C(C)C)c2ccc(F)cc2C1.CC1=C(C(C)C)c2ccccc2C1.Cc1c(C(C)C)c(C2CC2)nn1C.Cc1c(C(C)C)c(C2CC2)nn1C. The molecule has 0 amide bonds. The van der Waals surface area contributed by atoms with E-state index in [0.29, 0.717) is 53.3 Å². The average Bonchev–Trinajstić information content (AvgIpc) is 1.76. The highest BCUT2D eigenvalue weighted by atomic mass is 19.1. The maximum Gasteiger partial charge on any atom is 0.123 e. The molecule has 4 fully saturated rings. The number of nitrogens with one attached hydrogen (secondary N) is 1. The molecule has 0 radical (unpaired) electrons. The van der Waals surface area contributed by atoms with Gasteiger partial charge in [-0.25, -0.2) is 4.39 Å². The van der Waals surface area contributed by atoms with Gasteiger partial charge in [-0.15, -0.1) is 0 Å². The van der Waals surface area contributed by atoms with Gasteiger partial charge in [-0.2, -0.15) is 10.2 Å². The van der Waals surface area contributed by atoms with Crippen LogP contribution in [0.3, 0.4) is 0 Å². The van der Waals surface area contributed by atoms with Gasteiger partial charge in [0.2, 0.25) is 0 Å². The normalized spacial score (nSPS) is 16.1. The van der Waals surface area contributed by atoms with Gasteiger partial charge in [0, 0.05) is 107 Å². The van der Waals surface area contributed by atoms with E-state index in [1.165, 1.54) is 174 Å². The summed E-state index contributed by atoms with van der Waals surface area (Å²) >= 11 is 0. The Kier molecular flexibility index (Phi) is 29.9. The van der Waals surface area contributed by atoms with Crippen molar-refractivity contribution in [3.8, 4) is 0 Å². The van der Waals surface area contributed by atoms with Gasteiger partial charge in [-0.05, 0) is 279 Å². The van der Waals surface area contributed by atoms with Crippen LogP contribution in [0.2, 0.25) is 0 Å². The summed E-state index contributed by atoms with van der Waals surface area (Å²) in [5.41, 5.74) is 35.0. The van der Waals surface area contributed by atoms with Gasteiger partial charge < -0.3 is 9.38 Å². The second-order valence-corrected chi connectivity index (χ2v) is 36.0. The molecule has 8 heterocycles. The first-order valence-corrected chi connectivity index (χ1v) is 43.1. The predicted molar refractivity (Wildman–Crippen MR) is 483 cm³/mol. The Labute approximate surface area is 680 Å². The number of aromatic nitrogens is 7. The largest absolute Gasteiger partial charge is 0.361 e. The van der Waals surface area contributed by atoms with Crippen molar-refractivity contribution >= 4 is 49.9 Å². The van der Waals surface area contributed by atoms with Crippen LogP contribution in [0.15, 0.2) is 190 Å². The molecule has 0 unspecified atom stereocenters. The van der Waals surface area contributed by atoms with Crippen LogP contribution in [0, 0.1) is 55.2 Å². The fourth-order valence-corrected chi connectivity index (χ4v) is 17.3. The van der Waals surface area contributed by atoms with Gasteiger partial charge in [-0.1, -0.05) is 215 Å². The third-order valence-electron chi connectivity index (χ3n) is 23.5. The van der Waals surface area contributed by atoms with Gasteiger partial charge in [0.15, 0.2) is 0 Å². The van der Waals surface area contributed by atoms with E-state index in [0.717, 1.165) is 60.7 Å². The van der Waals surface area contributed by atoms with Crippen LogP contribution in [0.4, 0.5) is 4.39 Å². The Morgan fingerprint density at radius 2 is 0.929 bits per heavy atom. The van der Waals surface area contributed by atoms with Gasteiger partial charge >= 0.3 is 0 Å². The minimum absolute atomic E-state index is 0.124. The van der Waals surface area contributed by atoms with E-state index in [1.54, 1.807) is 28.9 Å². The summed E-state index contributed by atoms with van der Waals surface area (Å²) < 4.78 is 19.2. The monoisotopic (exact) mass is 1520 g/mol. The van der Waals surface area contributed by atoms with E-state index in [-0.39, 0.29) is 5.82 Å². The van der Waals surface area contributed by atoms with Crippen molar-refractivity contribution in [2.75, 3.05) is 13.1 Å². The van der Waals surface area contributed by atoms with E-state index in [9.17, 15) is 4.39 Å². The first kappa shape index (κ1) is 86.6. The lowest BCUT2D eigenvalue weighted by Gasteiger charge is -2.10. The lowest BCUT2D eigenvalue weighted by Crippen LogP contribution is -2.08. The Morgan fingerprint density at radius 3 is 1.47 bits per heavy atom. The molecule has 9 nitrogen and oxygen atoms in total. The van der Waals surface area contributed by atoms with Gasteiger partial charge in [-0.3, -0.25) is 24.3 Å². The molecule has 6 aromatic heterocycles. The number of nitrogens with zero attached hydrogens (tertiary/aromatic N) is 8. The minimum atomic E-state index is -0.124. The Morgan fingerprint density at radius 1 is 0.425 bits per heavy atom. The number of H-pyrrole nitrogens is 1.